The van der Waals surface area contributed by atoms with Gasteiger partial charge < -0.3 is 10.2 Å². The second-order valence-corrected chi connectivity index (χ2v) is 8.14. The molecule has 116 valence electrons. The van der Waals surface area contributed by atoms with Gasteiger partial charge in [-0.2, -0.15) is 0 Å². The van der Waals surface area contributed by atoms with Crippen LogP contribution in [0.1, 0.15) is 68.4 Å². The molecule has 4 heteroatoms. The second kappa shape index (κ2) is 5.88. The topological polar surface area (TPSA) is 28.2 Å². The zero-order valence-electron chi connectivity index (χ0n) is 13.1. The van der Waals surface area contributed by atoms with E-state index in [-0.39, 0.29) is 0 Å². The maximum atomic E-state index is 5.10. The van der Waals surface area contributed by atoms with E-state index >= 15 is 0 Å². The molecule has 0 aromatic carbocycles. The van der Waals surface area contributed by atoms with Gasteiger partial charge in [-0.05, 0) is 57.4 Å². The van der Waals surface area contributed by atoms with E-state index in [4.69, 9.17) is 4.98 Å². The van der Waals surface area contributed by atoms with Crippen molar-refractivity contribution in [2.75, 3.05) is 18.0 Å². The SMILES string of the molecule is CCCNCc1sc(N(CC2CC2)C2CC2)nc1C1CC1. The number of hydrogen-bond acceptors (Lipinski definition) is 4. The number of rotatable bonds is 9. The summed E-state index contributed by atoms with van der Waals surface area (Å²) in [5, 5.41) is 4.91. The summed E-state index contributed by atoms with van der Waals surface area (Å²) >= 11 is 1.98. The lowest BCUT2D eigenvalue weighted by Crippen LogP contribution is -2.27. The van der Waals surface area contributed by atoms with Crippen LogP contribution < -0.4 is 10.2 Å². The van der Waals surface area contributed by atoms with Gasteiger partial charge in [0, 0.05) is 29.9 Å². The summed E-state index contributed by atoms with van der Waals surface area (Å²) < 4.78 is 0. The van der Waals surface area contributed by atoms with Crippen molar-refractivity contribution in [3.05, 3.63) is 10.6 Å². The van der Waals surface area contributed by atoms with E-state index in [1.54, 1.807) is 0 Å². The van der Waals surface area contributed by atoms with Gasteiger partial charge in [0.25, 0.3) is 0 Å². The van der Waals surface area contributed by atoms with Gasteiger partial charge in [0.2, 0.25) is 0 Å². The van der Waals surface area contributed by atoms with Crippen LogP contribution in [0, 0.1) is 5.92 Å². The fourth-order valence-electron chi connectivity index (χ4n) is 3.00. The molecule has 1 N–H and O–H groups in total. The minimum atomic E-state index is 0.774. The van der Waals surface area contributed by atoms with E-state index in [1.165, 1.54) is 67.2 Å². The molecule has 0 atom stereocenters. The first-order chi connectivity index (χ1) is 10.3. The van der Waals surface area contributed by atoms with Crippen LogP contribution in [0.15, 0.2) is 0 Å². The van der Waals surface area contributed by atoms with Gasteiger partial charge in [0.1, 0.15) is 0 Å². The summed E-state index contributed by atoms with van der Waals surface area (Å²) in [5.74, 6) is 1.73. The van der Waals surface area contributed by atoms with Crippen molar-refractivity contribution >= 4 is 16.5 Å². The van der Waals surface area contributed by atoms with Crippen LogP contribution in [0.3, 0.4) is 0 Å². The largest absolute Gasteiger partial charge is 0.345 e. The van der Waals surface area contributed by atoms with Gasteiger partial charge in [-0.3, -0.25) is 0 Å². The third kappa shape index (κ3) is 3.42. The van der Waals surface area contributed by atoms with Gasteiger partial charge in [0.05, 0.1) is 5.69 Å². The summed E-state index contributed by atoms with van der Waals surface area (Å²) in [5.41, 5.74) is 1.43. The molecule has 1 aromatic rings. The first kappa shape index (κ1) is 14.0. The highest BCUT2D eigenvalue weighted by molar-refractivity contribution is 7.15. The predicted octanol–water partition coefficient (Wildman–Crippen LogP) is 3.90. The molecule has 4 rings (SSSR count). The fourth-order valence-corrected chi connectivity index (χ4v) is 4.20. The predicted molar refractivity (Wildman–Crippen MR) is 89.2 cm³/mol. The maximum absolute atomic E-state index is 5.10. The number of nitrogens with zero attached hydrogens (tertiary/aromatic N) is 2. The summed E-state index contributed by atoms with van der Waals surface area (Å²) in [6.07, 6.45) is 9.57. The van der Waals surface area contributed by atoms with Crippen molar-refractivity contribution in [2.45, 2.75) is 70.4 Å². The molecular weight excluding hydrogens is 278 g/mol. The molecule has 0 saturated heterocycles. The average Bonchev–Trinajstić information content (AvgIpc) is 3.35. The molecule has 3 saturated carbocycles. The molecule has 1 heterocycles. The zero-order chi connectivity index (χ0) is 14.2. The first-order valence-corrected chi connectivity index (χ1v) is 9.63. The van der Waals surface area contributed by atoms with Crippen LogP contribution in [0.2, 0.25) is 0 Å². The molecule has 0 radical (unpaired) electrons. The fraction of sp³-hybridized carbons (Fsp3) is 0.824. The number of thiazole rings is 1. The summed E-state index contributed by atoms with van der Waals surface area (Å²) in [6.45, 7) is 5.65. The molecule has 1 aromatic heterocycles. The molecule has 3 fully saturated rings. The van der Waals surface area contributed by atoms with Crippen LogP contribution in [0.5, 0.6) is 0 Å². The van der Waals surface area contributed by atoms with Crippen molar-refractivity contribution in [1.29, 1.82) is 0 Å². The Morgan fingerprint density at radius 1 is 1.19 bits per heavy atom. The lowest BCUT2D eigenvalue weighted by molar-refractivity contribution is 0.676. The molecule has 0 spiro atoms. The van der Waals surface area contributed by atoms with Crippen LogP contribution in [-0.4, -0.2) is 24.1 Å². The van der Waals surface area contributed by atoms with Crippen LogP contribution >= 0.6 is 11.3 Å². The van der Waals surface area contributed by atoms with Gasteiger partial charge in [-0.25, -0.2) is 4.98 Å². The molecule has 3 aliphatic rings. The monoisotopic (exact) mass is 305 g/mol. The van der Waals surface area contributed by atoms with E-state index < -0.39 is 0 Å². The highest BCUT2D eigenvalue weighted by Gasteiger charge is 2.37. The Morgan fingerprint density at radius 3 is 2.62 bits per heavy atom. The van der Waals surface area contributed by atoms with Crippen LogP contribution in [0.4, 0.5) is 5.13 Å². The Kier molecular flexibility index (Phi) is 3.92. The second-order valence-electron chi connectivity index (χ2n) is 7.08. The smallest absolute Gasteiger partial charge is 0.186 e. The molecule has 3 nitrogen and oxygen atoms in total. The van der Waals surface area contributed by atoms with Crippen molar-refractivity contribution in [1.82, 2.24) is 10.3 Å². The summed E-state index contributed by atoms with van der Waals surface area (Å²) in [6, 6.07) is 0.806. The maximum Gasteiger partial charge on any atom is 0.186 e. The van der Waals surface area contributed by atoms with Crippen molar-refractivity contribution in [3.8, 4) is 0 Å². The molecule has 0 aliphatic heterocycles. The summed E-state index contributed by atoms with van der Waals surface area (Å²) in [7, 11) is 0. The molecule has 21 heavy (non-hydrogen) atoms. The van der Waals surface area contributed by atoms with E-state index in [9.17, 15) is 0 Å². The van der Waals surface area contributed by atoms with Gasteiger partial charge in [-0.1, -0.05) is 6.92 Å². The Hall–Kier alpha value is -0.610. The Balaban J connectivity index is 1.51. The average molecular weight is 305 g/mol. The third-order valence-electron chi connectivity index (χ3n) is 4.78. The number of aromatic nitrogens is 1. The lowest BCUT2D eigenvalue weighted by Gasteiger charge is -2.21. The van der Waals surface area contributed by atoms with Gasteiger partial charge >= 0.3 is 0 Å². The minimum absolute atomic E-state index is 0.774. The standard InChI is InChI=1S/C17H27N3S/c1-2-9-18-10-15-16(13-5-6-13)19-17(21-15)20(14-7-8-14)11-12-3-4-12/h12-14,18H,2-11H2,1H3. The Bertz CT molecular complexity index is 486. The third-order valence-corrected chi connectivity index (χ3v) is 5.89. The normalized spacial score (nSPS) is 21.8. The molecular formula is C17H27N3S. The minimum Gasteiger partial charge on any atom is -0.345 e. The van der Waals surface area contributed by atoms with E-state index in [0.29, 0.717) is 0 Å². The Labute approximate surface area is 132 Å². The zero-order valence-corrected chi connectivity index (χ0v) is 13.9. The van der Waals surface area contributed by atoms with E-state index in [0.717, 1.165) is 31.0 Å². The number of anilines is 1. The molecule has 0 bridgehead atoms. The summed E-state index contributed by atoms with van der Waals surface area (Å²) in [4.78, 5) is 9.26. The first-order valence-electron chi connectivity index (χ1n) is 8.82. The van der Waals surface area contributed by atoms with E-state index in [1.807, 2.05) is 11.3 Å². The molecule has 0 unspecified atom stereocenters. The van der Waals surface area contributed by atoms with E-state index in [2.05, 4.69) is 17.1 Å². The quantitative estimate of drug-likeness (QED) is 0.701. The highest BCUT2D eigenvalue weighted by atomic mass is 32.1. The van der Waals surface area contributed by atoms with Crippen molar-refractivity contribution < 1.29 is 0 Å². The highest BCUT2D eigenvalue weighted by Crippen LogP contribution is 2.46. The molecule has 3 aliphatic carbocycles. The lowest BCUT2D eigenvalue weighted by atomic mass is 10.2. The van der Waals surface area contributed by atoms with Crippen LogP contribution in [0.25, 0.3) is 0 Å². The number of nitrogens with one attached hydrogen (secondary N) is 1. The van der Waals surface area contributed by atoms with Crippen molar-refractivity contribution in [3.63, 3.8) is 0 Å². The Morgan fingerprint density at radius 2 is 2.00 bits per heavy atom. The molecule has 0 amide bonds. The van der Waals surface area contributed by atoms with Crippen LogP contribution in [-0.2, 0) is 6.54 Å². The van der Waals surface area contributed by atoms with Gasteiger partial charge in [-0.15, -0.1) is 11.3 Å². The van der Waals surface area contributed by atoms with Gasteiger partial charge in [0.15, 0.2) is 5.13 Å². The van der Waals surface area contributed by atoms with Crippen molar-refractivity contribution in [2.24, 2.45) is 5.92 Å². The number of hydrogen-bond donors (Lipinski definition) is 1.